The molecule has 4 aromatic rings. The van der Waals surface area contributed by atoms with E-state index in [1.54, 1.807) is 24.5 Å². The van der Waals surface area contributed by atoms with Crippen molar-refractivity contribution in [3.05, 3.63) is 66.0 Å². The number of ether oxygens (including phenoxy) is 1. The van der Waals surface area contributed by atoms with Crippen molar-refractivity contribution in [1.82, 2.24) is 19.8 Å². The highest BCUT2D eigenvalue weighted by atomic mass is 16.5. The number of aliphatic hydroxyl groups is 1. The van der Waals surface area contributed by atoms with Gasteiger partial charge in [-0.15, -0.1) is 0 Å². The highest BCUT2D eigenvalue weighted by Crippen LogP contribution is 2.39. The first-order valence-corrected chi connectivity index (χ1v) is 12.9. The van der Waals surface area contributed by atoms with E-state index in [1.807, 2.05) is 34.9 Å². The molecule has 2 aliphatic heterocycles. The summed E-state index contributed by atoms with van der Waals surface area (Å²) in [5, 5.41) is 17.9. The van der Waals surface area contributed by atoms with Gasteiger partial charge in [-0.1, -0.05) is 30.3 Å². The van der Waals surface area contributed by atoms with Gasteiger partial charge in [-0.2, -0.15) is 0 Å². The van der Waals surface area contributed by atoms with Crippen LogP contribution in [-0.2, 0) is 25.7 Å². The number of hydrogen-bond donors (Lipinski definition) is 4. The Hall–Kier alpha value is -4.25. The molecule has 10 nitrogen and oxygen atoms in total. The van der Waals surface area contributed by atoms with E-state index in [2.05, 4.69) is 20.5 Å². The number of rotatable bonds is 7. The van der Waals surface area contributed by atoms with Gasteiger partial charge in [-0.3, -0.25) is 24.6 Å². The molecule has 2 aromatic heterocycles. The van der Waals surface area contributed by atoms with Gasteiger partial charge in [0, 0.05) is 72.9 Å². The molecular weight excluding hydrogens is 498 g/mol. The Bertz CT molecular complexity index is 1640. The lowest BCUT2D eigenvalue weighted by atomic mass is 9.95. The fraction of sp³-hybridized carbons (Fsp3) is 0.276. The van der Waals surface area contributed by atoms with Crippen molar-refractivity contribution < 1.29 is 24.2 Å². The summed E-state index contributed by atoms with van der Waals surface area (Å²) in [6.45, 7) is 4.87. The normalized spacial score (nSPS) is 17.3. The molecule has 10 heteroatoms. The second kappa shape index (κ2) is 10.1. The summed E-state index contributed by atoms with van der Waals surface area (Å²) in [7, 11) is 0. The minimum Gasteiger partial charge on any atom is -0.390 e. The van der Waals surface area contributed by atoms with Crippen LogP contribution in [0, 0.1) is 0 Å². The fourth-order valence-corrected chi connectivity index (χ4v) is 5.61. The topological polar surface area (TPSA) is 129 Å². The maximum atomic E-state index is 13.3. The summed E-state index contributed by atoms with van der Waals surface area (Å²) in [6.07, 6.45) is 2.82. The van der Waals surface area contributed by atoms with E-state index in [1.165, 1.54) is 6.92 Å². The molecule has 1 saturated heterocycles. The van der Waals surface area contributed by atoms with Crippen molar-refractivity contribution in [3.8, 4) is 0 Å². The molecule has 1 atom stereocenters. The Labute approximate surface area is 224 Å². The number of amides is 3. The molecule has 200 valence electrons. The number of benzene rings is 2. The van der Waals surface area contributed by atoms with E-state index in [-0.39, 0.29) is 23.6 Å². The quantitative estimate of drug-likeness (QED) is 0.273. The van der Waals surface area contributed by atoms with E-state index in [4.69, 9.17) is 4.74 Å². The number of carbonyl (C=O) groups is 3. The van der Waals surface area contributed by atoms with Crippen LogP contribution in [-0.4, -0.2) is 76.2 Å². The van der Waals surface area contributed by atoms with Gasteiger partial charge in [-0.05, 0) is 12.1 Å². The van der Waals surface area contributed by atoms with Crippen LogP contribution in [0.25, 0.3) is 33.0 Å². The third-order valence-corrected chi connectivity index (χ3v) is 7.25. The van der Waals surface area contributed by atoms with Gasteiger partial charge in [0.1, 0.15) is 0 Å². The zero-order valence-corrected chi connectivity index (χ0v) is 21.5. The van der Waals surface area contributed by atoms with Crippen LogP contribution in [0.1, 0.15) is 18.1 Å². The lowest BCUT2D eigenvalue weighted by Gasteiger charge is -2.28. The van der Waals surface area contributed by atoms with Crippen molar-refractivity contribution >= 4 is 56.4 Å². The number of carbonyl (C=O) groups excluding carboxylic acids is 3. The van der Waals surface area contributed by atoms with Crippen molar-refractivity contribution in [1.29, 1.82) is 0 Å². The number of aliphatic hydroxyl groups excluding tert-OH is 1. The number of nitrogens with zero attached hydrogens (tertiary/aromatic N) is 2. The molecule has 0 saturated carbocycles. The molecule has 6 rings (SSSR count). The van der Waals surface area contributed by atoms with Crippen LogP contribution in [0.3, 0.4) is 0 Å². The molecule has 0 aliphatic carbocycles. The lowest BCUT2D eigenvalue weighted by Crippen LogP contribution is -2.41. The Morgan fingerprint density at radius 3 is 2.49 bits per heavy atom. The maximum absolute atomic E-state index is 13.3. The van der Waals surface area contributed by atoms with Gasteiger partial charge >= 0.3 is 0 Å². The Balaban J connectivity index is 1.50. The van der Waals surface area contributed by atoms with E-state index in [0.29, 0.717) is 47.5 Å². The Morgan fingerprint density at radius 2 is 1.72 bits per heavy atom. The molecule has 0 radical (unpaired) electrons. The SMILES string of the molecule is CC(=O)Nc1cccc2c(C3=C(c4c[nH]c5ccccc45)C(=O)NC3=O)cn(CC(O)CN3CCOCC3)c12. The third-order valence-electron chi connectivity index (χ3n) is 7.25. The Morgan fingerprint density at radius 1 is 1.00 bits per heavy atom. The van der Waals surface area contributed by atoms with Crippen LogP contribution >= 0.6 is 0 Å². The monoisotopic (exact) mass is 527 g/mol. The number of para-hydroxylation sites is 2. The number of aromatic amines is 1. The standard InChI is InChI=1S/C29H29N5O5/c1-17(35)31-24-8-4-6-20-22(16-34(27(20)24)15-18(36)14-33-9-11-39-12-10-33)26-25(28(37)32-29(26)38)21-13-30-23-7-3-2-5-19(21)23/h2-8,13,16,18,30,36H,9-12,14-15H2,1H3,(H,31,35)(H,32,37,38). The minimum absolute atomic E-state index is 0.232. The van der Waals surface area contributed by atoms with Crippen molar-refractivity contribution in [2.24, 2.45) is 0 Å². The second-order valence-electron chi connectivity index (χ2n) is 9.93. The summed E-state index contributed by atoms with van der Waals surface area (Å²) in [5.41, 5.74) is 3.82. The van der Waals surface area contributed by atoms with Gasteiger partial charge in [0.15, 0.2) is 0 Å². The van der Waals surface area contributed by atoms with E-state index in [0.717, 1.165) is 24.0 Å². The zero-order chi connectivity index (χ0) is 27.1. The Kier molecular flexibility index (Phi) is 6.51. The second-order valence-corrected chi connectivity index (χ2v) is 9.93. The molecule has 39 heavy (non-hydrogen) atoms. The predicted octanol–water partition coefficient (Wildman–Crippen LogP) is 2.34. The van der Waals surface area contributed by atoms with E-state index in [9.17, 15) is 19.5 Å². The molecule has 4 heterocycles. The first-order valence-electron chi connectivity index (χ1n) is 12.9. The van der Waals surface area contributed by atoms with Crippen LogP contribution in [0.5, 0.6) is 0 Å². The van der Waals surface area contributed by atoms with Crippen molar-refractivity contribution in [2.45, 2.75) is 19.6 Å². The largest absolute Gasteiger partial charge is 0.390 e. The smallest absolute Gasteiger partial charge is 0.259 e. The van der Waals surface area contributed by atoms with Gasteiger partial charge < -0.3 is 24.7 Å². The van der Waals surface area contributed by atoms with Crippen LogP contribution in [0.15, 0.2) is 54.9 Å². The zero-order valence-electron chi connectivity index (χ0n) is 21.5. The van der Waals surface area contributed by atoms with Crippen LogP contribution in [0.4, 0.5) is 5.69 Å². The summed E-state index contributed by atoms with van der Waals surface area (Å²) >= 11 is 0. The number of morpholine rings is 1. The molecule has 0 bridgehead atoms. The maximum Gasteiger partial charge on any atom is 0.259 e. The third kappa shape index (κ3) is 4.63. The molecule has 2 aliphatic rings. The number of nitrogens with one attached hydrogen (secondary N) is 3. The fourth-order valence-electron chi connectivity index (χ4n) is 5.61. The summed E-state index contributed by atoms with van der Waals surface area (Å²) < 4.78 is 7.27. The first-order chi connectivity index (χ1) is 18.9. The molecule has 1 fully saturated rings. The number of anilines is 1. The molecule has 2 aromatic carbocycles. The number of H-pyrrole nitrogens is 1. The van der Waals surface area contributed by atoms with Gasteiger partial charge in [0.25, 0.3) is 11.8 Å². The van der Waals surface area contributed by atoms with Crippen molar-refractivity contribution in [2.75, 3.05) is 38.2 Å². The summed E-state index contributed by atoms with van der Waals surface area (Å²) in [4.78, 5) is 43.8. The number of imide groups is 1. The number of hydrogen-bond acceptors (Lipinski definition) is 6. The first kappa shape index (κ1) is 25.1. The number of aromatic nitrogens is 2. The molecule has 3 amide bonds. The summed E-state index contributed by atoms with van der Waals surface area (Å²) in [5.74, 6) is -1.19. The molecule has 1 unspecified atom stereocenters. The van der Waals surface area contributed by atoms with Gasteiger partial charge in [0.2, 0.25) is 5.91 Å². The molecule has 4 N–H and O–H groups in total. The highest BCUT2D eigenvalue weighted by molar-refractivity contribution is 6.50. The molecular formula is C29H29N5O5. The summed E-state index contributed by atoms with van der Waals surface area (Å²) in [6, 6.07) is 13.0. The van der Waals surface area contributed by atoms with Crippen molar-refractivity contribution in [3.63, 3.8) is 0 Å². The van der Waals surface area contributed by atoms with Gasteiger partial charge in [-0.25, -0.2) is 0 Å². The average molecular weight is 528 g/mol. The molecule has 0 spiro atoms. The minimum atomic E-state index is -0.710. The van der Waals surface area contributed by atoms with E-state index >= 15 is 0 Å². The van der Waals surface area contributed by atoms with Crippen LogP contribution < -0.4 is 10.6 Å². The number of β-amino-alcohol motifs (C(OH)–C–C–N with tert-alkyl or cyclic N) is 1. The lowest BCUT2D eigenvalue weighted by molar-refractivity contribution is -0.123. The van der Waals surface area contributed by atoms with Gasteiger partial charge in [0.05, 0.1) is 41.7 Å². The van der Waals surface area contributed by atoms with E-state index < -0.39 is 17.9 Å². The van der Waals surface area contributed by atoms with Crippen LogP contribution in [0.2, 0.25) is 0 Å². The highest BCUT2D eigenvalue weighted by Gasteiger charge is 2.35. The number of fused-ring (bicyclic) bond motifs is 2. The predicted molar refractivity (Wildman–Crippen MR) is 148 cm³/mol. The average Bonchev–Trinajstić information content (AvgIpc) is 3.57.